The quantitative estimate of drug-likeness (QED) is 0.653. The molecule has 0 aromatic heterocycles. The van der Waals surface area contributed by atoms with E-state index in [-0.39, 0.29) is 5.11 Å². The average Bonchev–Trinajstić information content (AvgIpc) is 2.39. The van der Waals surface area contributed by atoms with E-state index in [0.29, 0.717) is 0 Å². The molecule has 0 heterocycles. The summed E-state index contributed by atoms with van der Waals surface area (Å²) in [5, 5.41) is 4.04. The fraction of sp³-hybridized carbons (Fsp3) is 0.0714. The van der Waals surface area contributed by atoms with Gasteiger partial charge in [-0.1, -0.05) is 41.9 Å². The number of halogens is 1. The zero-order valence-corrected chi connectivity index (χ0v) is 12.5. The van der Waals surface area contributed by atoms with Gasteiger partial charge in [0.1, 0.15) is 0 Å². The maximum absolute atomic E-state index is 6.14. The minimum Gasteiger partial charge on any atom is -0.376 e. The molecule has 0 saturated carbocycles. The van der Waals surface area contributed by atoms with Gasteiger partial charge in [0.25, 0.3) is 0 Å². The molecule has 19 heavy (non-hydrogen) atoms. The Balaban J connectivity index is 2.11. The molecule has 0 aliphatic rings. The molecule has 0 unspecified atom stereocenters. The van der Waals surface area contributed by atoms with Crippen LogP contribution in [0.3, 0.4) is 0 Å². The highest BCUT2D eigenvalue weighted by atomic mass is 35.5. The molecule has 3 N–H and O–H groups in total. The van der Waals surface area contributed by atoms with Crippen molar-refractivity contribution in [3.05, 3.63) is 59.1 Å². The Kier molecular flexibility index (Phi) is 5.07. The van der Waals surface area contributed by atoms with Crippen LogP contribution in [-0.4, -0.2) is 5.11 Å². The fourth-order valence-electron chi connectivity index (χ4n) is 1.60. The van der Waals surface area contributed by atoms with E-state index in [1.807, 2.05) is 48.5 Å². The van der Waals surface area contributed by atoms with Gasteiger partial charge >= 0.3 is 0 Å². The standard InChI is InChI=1S/C14H13ClN2S2/c15-11-6-2-1-5-10(11)9-19-13-8-4-3-7-12(13)17-14(16)18/h1-8H,9H2,(H3,16,17,18). The van der Waals surface area contributed by atoms with E-state index < -0.39 is 0 Å². The molecule has 5 heteroatoms. The minimum atomic E-state index is 0.269. The Morgan fingerprint density at radius 2 is 1.84 bits per heavy atom. The maximum Gasteiger partial charge on any atom is 0.168 e. The summed E-state index contributed by atoms with van der Waals surface area (Å²) >= 11 is 12.7. The second kappa shape index (κ2) is 6.80. The van der Waals surface area contributed by atoms with Crippen molar-refractivity contribution in [2.24, 2.45) is 5.73 Å². The van der Waals surface area contributed by atoms with Crippen molar-refractivity contribution in [3.63, 3.8) is 0 Å². The summed E-state index contributed by atoms with van der Waals surface area (Å²) in [6, 6.07) is 15.8. The van der Waals surface area contributed by atoms with Crippen molar-refractivity contribution in [3.8, 4) is 0 Å². The number of anilines is 1. The molecule has 0 amide bonds. The van der Waals surface area contributed by atoms with Gasteiger partial charge in [0, 0.05) is 15.7 Å². The first-order chi connectivity index (χ1) is 9.16. The molecule has 0 saturated heterocycles. The van der Waals surface area contributed by atoms with Crippen LogP contribution in [0.15, 0.2) is 53.4 Å². The SMILES string of the molecule is NC(=S)Nc1ccccc1SCc1ccccc1Cl. The first kappa shape index (κ1) is 14.2. The van der Waals surface area contributed by atoms with Crippen LogP contribution in [0, 0.1) is 0 Å². The van der Waals surface area contributed by atoms with Gasteiger partial charge in [-0.05, 0) is 36.0 Å². The number of nitrogens with one attached hydrogen (secondary N) is 1. The van der Waals surface area contributed by atoms with Gasteiger partial charge in [-0.3, -0.25) is 0 Å². The molecule has 2 rings (SSSR count). The number of hydrogen-bond donors (Lipinski definition) is 2. The number of hydrogen-bond acceptors (Lipinski definition) is 2. The smallest absolute Gasteiger partial charge is 0.168 e. The van der Waals surface area contributed by atoms with E-state index >= 15 is 0 Å². The van der Waals surface area contributed by atoms with Crippen LogP contribution in [0.25, 0.3) is 0 Å². The Bertz CT molecular complexity index is 587. The number of nitrogens with two attached hydrogens (primary N) is 1. The highest BCUT2D eigenvalue weighted by Crippen LogP contribution is 2.31. The number of rotatable bonds is 4. The predicted molar refractivity (Wildman–Crippen MR) is 87.9 cm³/mol. The largest absolute Gasteiger partial charge is 0.376 e. The molecule has 0 aliphatic heterocycles. The second-order valence-electron chi connectivity index (χ2n) is 3.87. The first-order valence-electron chi connectivity index (χ1n) is 5.68. The molecule has 0 aliphatic carbocycles. The Morgan fingerprint density at radius 3 is 2.58 bits per heavy atom. The van der Waals surface area contributed by atoms with Gasteiger partial charge in [-0.2, -0.15) is 0 Å². The fourth-order valence-corrected chi connectivity index (χ4v) is 3.00. The van der Waals surface area contributed by atoms with Gasteiger partial charge < -0.3 is 11.1 Å². The molecule has 0 bridgehead atoms. The van der Waals surface area contributed by atoms with Gasteiger partial charge in [0.2, 0.25) is 0 Å². The maximum atomic E-state index is 6.14. The van der Waals surface area contributed by atoms with Crippen molar-refractivity contribution < 1.29 is 0 Å². The molecule has 0 atom stereocenters. The third-order valence-corrected chi connectivity index (χ3v) is 4.08. The highest BCUT2D eigenvalue weighted by Gasteiger charge is 2.05. The summed E-state index contributed by atoms with van der Waals surface area (Å²) in [6.07, 6.45) is 0. The third kappa shape index (κ3) is 4.13. The predicted octanol–water partition coefficient (Wildman–Crippen LogP) is 4.29. The normalized spacial score (nSPS) is 10.2. The topological polar surface area (TPSA) is 38.0 Å². The lowest BCUT2D eigenvalue weighted by atomic mass is 10.2. The summed E-state index contributed by atoms with van der Waals surface area (Å²) in [7, 11) is 0. The van der Waals surface area contributed by atoms with E-state index in [0.717, 1.165) is 26.9 Å². The highest BCUT2D eigenvalue weighted by molar-refractivity contribution is 7.98. The molecule has 98 valence electrons. The van der Waals surface area contributed by atoms with Crippen LogP contribution in [0.5, 0.6) is 0 Å². The van der Waals surface area contributed by atoms with E-state index in [4.69, 9.17) is 29.6 Å². The van der Waals surface area contributed by atoms with Crippen molar-refractivity contribution in [2.45, 2.75) is 10.6 Å². The van der Waals surface area contributed by atoms with E-state index in [9.17, 15) is 0 Å². The first-order valence-corrected chi connectivity index (χ1v) is 7.45. The van der Waals surface area contributed by atoms with E-state index in [2.05, 4.69) is 5.32 Å². The van der Waals surface area contributed by atoms with Crippen LogP contribution in [0.4, 0.5) is 5.69 Å². The molecule has 0 spiro atoms. The summed E-state index contributed by atoms with van der Waals surface area (Å²) in [5.74, 6) is 0.801. The van der Waals surface area contributed by atoms with Crippen molar-refractivity contribution in [2.75, 3.05) is 5.32 Å². The number of benzene rings is 2. The number of thiocarbonyl (C=S) groups is 1. The zero-order valence-electron chi connectivity index (χ0n) is 10.1. The molecular formula is C14H13ClN2S2. The molecule has 2 aromatic carbocycles. The summed E-state index contributed by atoms with van der Waals surface area (Å²) in [5.41, 5.74) is 7.55. The Labute approximate surface area is 127 Å². The van der Waals surface area contributed by atoms with Crippen LogP contribution >= 0.6 is 35.6 Å². The number of thioether (sulfide) groups is 1. The van der Waals surface area contributed by atoms with Gasteiger partial charge in [0.15, 0.2) is 5.11 Å². The zero-order chi connectivity index (χ0) is 13.7. The lowest BCUT2D eigenvalue weighted by molar-refractivity contribution is 1.38. The molecule has 2 nitrogen and oxygen atoms in total. The molecule has 0 radical (unpaired) electrons. The van der Waals surface area contributed by atoms with E-state index in [1.54, 1.807) is 11.8 Å². The third-order valence-electron chi connectivity index (χ3n) is 2.49. The lowest BCUT2D eigenvalue weighted by Crippen LogP contribution is -2.19. The van der Waals surface area contributed by atoms with Gasteiger partial charge in [0.05, 0.1) is 5.69 Å². The van der Waals surface area contributed by atoms with Crippen LogP contribution in [0.1, 0.15) is 5.56 Å². The lowest BCUT2D eigenvalue weighted by Gasteiger charge is -2.10. The van der Waals surface area contributed by atoms with Gasteiger partial charge in [-0.25, -0.2) is 0 Å². The van der Waals surface area contributed by atoms with Crippen molar-refractivity contribution >= 4 is 46.4 Å². The van der Waals surface area contributed by atoms with E-state index in [1.165, 1.54) is 0 Å². The van der Waals surface area contributed by atoms with Crippen LogP contribution in [0.2, 0.25) is 5.02 Å². The van der Waals surface area contributed by atoms with Gasteiger partial charge in [-0.15, -0.1) is 11.8 Å². The Hall–Kier alpha value is -1.23. The Morgan fingerprint density at radius 1 is 1.16 bits per heavy atom. The molecule has 2 aromatic rings. The number of para-hydroxylation sites is 1. The second-order valence-corrected chi connectivity index (χ2v) is 5.73. The molecular weight excluding hydrogens is 296 g/mol. The van der Waals surface area contributed by atoms with Crippen LogP contribution in [-0.2, 0) is 5.75 Å². The van der Waals surface area contributed by atoms with Crippen molar-refractivity contribution in [1.82, 2.24) is 0 Å². The summed E-state index contributed by atoms with van der Waals surface area (Å²) < 4.78 is 0. The summed E-state index contributed by atoms with van der Waals surface area (Å²) in [6.45, 7) is 0. The average molecular weight is 309 g/mol. The molecule has 0 fully saturated rings. The van der Waals surface area contributed by atoms with Crippen LogP contribution < -0.4 is 11.1 Å². The minimum absolute atomic E-state index is 0.269. The van der Waals surface area contributed by atoms with Crippen molar-refractivity contribution in [1.29, 1.82) is 0 Å². The monoisotopic (exact) mass is 308 g/mol. The summed E-state index contributed by atoms with van der Waals surface area (Å²) in [4.78, 5) is 1.09.